The number of methoxy groups -OCH3 is 2. The molecular weight excluding hydrogens is 338 g/mol. The van der Waals surface area contributed by atoms with Gasteiger partial charge in [0.25, 0.3) is 11.0 Å². The second-order valence-corrected chi connectivity index (χ2v) is 5.94. The van der Waals surface area contributed by atoms with Crippen LogP contribution >= 0.6 is 0 Å². The standard InChI is InChI=1S/C19H13NO6/c1-20-13-12(16(23)19(20)24)17(25-2)10-11(18(13)26-3)15(22)9-7-5-4-6-8(9)14(10)21/h4-7H,1-3H3. The van der Waals surface area contributed by atoms with Crippen LogP contribution in [0.25, 0.3) is 32.4 Å². The monoisotopic (exact) mass is 351 g/mol. The van der Waals surface area contributed by atoms with E-state index < -0.39 is 21.8 Å². The van der Waals surface area contributed by atoms with Gasteiger partial charge >= 0.3 is 0 Å². The fourth-order valence-corrected chi connectivity index (χ4v) is 3.57. The summed E-state index contributed by atoms with van der Waals surface area (Å²) in [6.45, 7) is 0. The number of fused-ring (bicyclic) bond motifs is 3. The SMILES string of the molecule is COc1c2c(=O)c3ccccc3c(=O)c2c(OC)c2c1c(=O)c(=O)n2C. The predicted octanol–water partition coefficient (Wildman–Crippen LogP) is 0.818. The maximum atomic E-state index is 13.1. The summed E-state index contributed by atoms with van der Waals surface area (Å²) in [4.78, 5) is 50.8. The van der Waals surface area contributed by atoms with Crippen LogP contribution in [0.15, 0.2) is 43.4 Å². The van der Waals surface area contributed by atoms with Gasteiger partial charge in [-0.15, -0.1) is 0 Å². The largest absolute Gasteiger partial charge is 0.495 e. The molecule has 0 atom stereocenters. The summed E-state index contributed by atoms with van der Waals surface area (Å²) in [5.74, 6) is -0.0586. The Hall–Kier alpha value is -3.48. The molecule has 1 heterocycles. The topological polar surface area (TPSA) is 91.7 Å². The van der Waals surface area contributed by atoms with Crippen LogP contribution in [0.5, 0.6) is 11.5 Å². The lowest BCUT2D eigenvalue weighted by Gasteiger charge is -2.13. The van der Waals surface area contributed by atoms with Gasteiger partial charge < -0.3 is 14.0 Å². The zero-order chi connectivity index (χ0) is 18.7. The predicted molar refractivity (Wildman–Crippen MR) is 98.5 cm³/mol. The van der Waals surface area contributed by atoms with Crippen molar-refractivity contribution in [1.29, 1.82) is 0 Å². The van der Waals surface area contributed by atoms with Crippen molar-refractivity contribution in [2.45, 2.75) is 0 Å². The lowest BCUT2D eigenvalue weighted by Crippen LogP contribution is -2.24. The Balaban J connectivity index is 2.56. The smallest absolute Gasteiger partial charge is 0.299 e. The van der Waals surface area contributed by atoms with Crippen molar-refractivity contribution in [2.24, 2.45) is 7.05 Å². The lowest BCUT2D eigenvalue weighted by molar-refractivity contribution is 0.416. The highest BCUT2D eigenvalue weighted by molar-refractivity contribution is 6.13. The summed E-state index contributed by atoms with van der Waals surface area (Å²) in [5.41, 5.74) is -2.33. The molecular formula is C19H13NO6. The number of rotatable bonds is 2. The lowest BCUT2D eigenvalue weighted by atomic mass is 9.98. The van der Waals surface area contributed by atoms with Crippen LogP contribution in [-0.2, 0) is 7.05 Å². The zero-order valence-corrected chi connectivity index (χ0v) is 14.2. The number of hydrogen-bond donors (Lipinski definition) is 0. The number of ether oxygens (including phenoxy) is 2. The molecule has 4 aromatic rings. The van der Waals surface area contributed by atoms with Gasteiger partial charge in [-0.25, -0.2) is 0 Å². The first kappa shape index (κ1) is 16.0. The molecule has 4 rings (SSSR count). The normalized spacial score (nSPS) is 11.5. The highest BCUT2D eigenvalue weighted by Crippen LogP contribution is 2.38. The molecule has 3 aromatic carbocycles. The minimum atomic E-state index is -0.806. The van der Waals surface area contributed by atoms with E-state index >= 15 is 0 Å². The Morgan fingerprint density at radius 2 is 1.23 bits per heavy atom. The maximum absolute atomic E-state index is 13.1. The number of benzene rings is 3. The number of aryl methyl sites for hydroxylation is 1. The molecule has 0 fully saturated rings. The van der Waals surface area contributed by atoms with Gasteiger partial charge in [0.05, 0.1) is 30.4 Å². The van der Waals surface area contributed by atoms with Gasteiger partial charge in [-0.1, -0.05) is 24.3 Å². The van der Waals surface area contributed by atoms with Gasteiger partial charge in [-0.3, -0.25) is 19.2 Å². The number of nitrogens with zero attached hydrogens (tertiary/aromatic N) is 1. The van der Waals surface area contributed by atoms with E-state index in [0.29, 0.717) is 0 Å². The number of hydrogen-bond acceptors (Lipinski definition) is 6. The quantitative estimate of drug-likeness (QED) is 0.392. The maximum Gasteiger partial charge on any atom is 0.299 e. The highest BCUT2D eigenvalue weighted by atomic mass is 16.5. The van der Waals surface area contributed by atoms with Crippen LogP contribution < -0.4 is 31.3 Å². The van der Waals surface area contributed by atoms with E-state index in [-0.39, 0.29) is 43.9 Å². The van der Waals surface area contributed by atoms with E-state index in [2.05, 4.69) is 0 Å². The van der Waals surface area contributed by atoms with Gasteiger partial charge in [0.15, 0.2) is 16.6 Å². The first-order chi connectivity index (χ1) is 12.4. The summed E-state index contributed by atoms with van der Waals surface area (Å²) >= 11 is 0. The van der Waals surface area contributed by atoms with Crippen molar-refractivity contribution in [2.75, 3.05) is 14.2 Å². The molecule has 0 radical (unpaired) electrons. The van der Waals surface area contributed by atoms with E-state index in [0.717, 1.165) is 4.57 Å². The molecule has 0 spiro atoms. The molecule has 7 heteroatoms. The van der Waals surface area contributed by atoms with Crippen LogP contribution in [0, 0.1) is 0 Å². The molecule has 0 unspecified atom stereocenters. The van der Waals surface area contributed by atoms with Gasteiger partial charge in [0.2, 0.25) is 0 Å². The first-order valence-corrected chi connectivity index (χ1v) is 7.76. The Bertz CT molecular complexity index is 1440. The third-order valence-electron chi connectivity index (χ3n) is 4.72. The first-order valence-electron chi connectivity index (χ1n) is 7.76. The van der Waals surface area contributed by atoms with Gasteiger partial charge in [0.1, 0.15) is 11.3 Å². The third-order valence-corrected chi connectivity index (χ3v) is 4.72. The molecule has 0 N–H and O–H groups in total. The average molecular weight is 351 g/mol. The van der Waals surface area contributed by atoms with E-state index in [1.54, 1.807) is 18.2 Å². The summed E-state index contributed by atoms with van der Waals surface area (Å²) in [5, 5.41) is 0.347. The molecule has 130 valence electrons. The van der Waals surface area contributed by atoms with Crippen molar-refractivity contribution in [1.82, 2.24) is 4.57 Å². The van der Waals surface area contributed by atoms with E-state index in [4.69, 9.17) is 9.47 Å². The Morgan fingerprint density at radius 1 is 0.731 bits per heavy atom. The third kappa shape index (κ3) is 1.72. The van der Waals surface area contributed by atoms with E-state index in [9.17, 15) is 19.2 Å². The van der Waals surface area contributed by atoms with Gasteiger partial charge in [0, 0.05) is 17.8 Å². The Morgan fingerprint density at radius 3 is 1.73 bits per heavy atom. The molecule has 26 heavy (non-hydrogen) atoms. The summed E-state index contributed by atoms with van der Waals surface area (Å²) < 4.78 is 11.8. The molecule has 0 saturated heterocycles. The van der Waals surface area contributed by atoms with Crippen molar-refractivity contribution in [3.05, 3.63) is 65.3 Å². The Labute approximate surface area is 145 Å². The average Bonchev–Trinajstić information content (AvgIpc) is 2.88. The minimum absolute atomic E-state index is 0.00106. The van der Waals surface area contributed by atoms with E-state index in [1.165, 1.54) is 27.3 Å². The molecule has 0 saturated carbocycles. The molecule has 0 bridgehead atoms. The second-order valence-electron chi connectivity index (χ2n) is 5.94. The van der Waals surface area contributed by atoms with Crippen LogP contribution in [0.1, 0.15) is 0 Å². The molecule has 7 nitrogen and oxygen atoms in total. The van der Waals surface area contributed by atoms with Crippen LogP contribution in [0.4, 0.5) is 0 Å². The summed E-state index contributed by atoms with van der Waals surface area (Å²) in [6.07, 6.45) is 0. The van der Waals surface area contributed by atoms with Crippen molar-refractivity contribution < 1.29 is 9.47 Å². The summed E-state index contributed by atoms with van der Waals surface area (Å²) in [6, 6.07) is 6.40. The van der Waals surface area contributed by atoms with Crippen LogP contribution in [0.2, 0.25) is 0 Å². The molecule has 0 aliphatic carbocycles. The zero-order valence-electron chi connectivity index (χ0n) is 14.2. The molecule has 1 aromatic heterocycles. The fraction of sp³-hybridized carbons (Fsp3) is 0.158. The van der Waals surface area contributed by atoms with Crippen molar-refractivity contribution >= 4 is 32.4 Å². The van der Waals surface area contributed by atoms with Gasteiger partial charge in [-0.05, 0) is 0 Å². The second kappa shape index (κ2) is 5.26. The van der Waals surface area contributed by atoms with E-state index in [1.807, 2.05) is 0 Å². The highest BCUT2D eigenvalue weighted by Gasteiger charge is 2.27. The Kier molecular flexibility index (Phi) is 3.24. The summed E-state index contributed by atoms with van der Waals surface area (Å²) in [7, 11) is 4.02. The van der Waals surface area contributed by atoms with Crippen LogP contribution in [0.3, 0.4) is 0 Å². The minimum Gasteiger partial charge on any atom is -0.495 e. The van der Waals surface area contributed by atoms with Gasteiger partial charge in [-0.2, -0.15) is 0 Å². The molecule has 0 aliphatic heterocycles. The van der Waals surface area contributed by atoms with Crippen LogP contribution in [-0.4, -0.2) is 18.8 Å². The molecule has 0 aliphatic rings. The van der Waals surface area contributed by atoms with Crippen molar-refractivity contribution in [3.8, 4) is 11.5 Å². The fourth-order valence-electron chi connectivity index (χ4n) is 3.57. The number of aromatic nitrogens is 1. The molecule has 0 amide bonds. The van der Waals surface area contributed by atoms with Crippen molar-refractivity contribution in [3.63, 3.8) is 0 Å².